The van der Waals surface area contributed by atoms with Gasteiger partial charge in [-0.2, -0.15) is 0 Å². The minimum absolute atomic E-state index is 0.556. The highest BCUT2D eigenvalue weighted by Gasteiger charge is 2.24. The zero-order chi connectivity index (χ0) is 11.5. The molecular weight excluding hydrogens is 198 g/mol. The molecule has 16 heavy (non-hydrogen) atoms. The average Bonchev–Trinajstić information content (AvgIpc) is 2.24. The summed E-state index contributed by atoms with van der Waals surface area (Å²) in [6.45, 7) is 4.69. The molecule has 3 N–H and O–H groups in total. The van der Waals surface area contributed by atoms with Gasteiger partial charge in [0.05, 0.1) is 0 Å². The van der Waals surface area contributed by atoms with Gasteiger partial charge in [-0.1, -0.05) is 19.9 Å². The molecule has 2 rings (SSSR count). The first-order valence-electron chi connectivity index (χ1n) is 6.14. The summed E-state index contributed by atoms with van der Waals surface area (Å²) in [6.07, 6.45) is 3.78. The maximum absolute atomic E-state index is 5.66. The zero-order valence-corrected chi connectivity index (χ0v) is 10.1. The molecule has 1 aromatic heterocycles. The Labute approximate surface area is 97.5 Å². The molecule has 0 bridgehead atoms. The first-order valence-corrected chi connectivity index (χ1v) is 6.14. The molecular formula is C13H21N3. The summed E-state index contributed by atoms with van der Waals surface area (Å²) in [5, 5.41) is 3.48. The summed E-state index contributed by atoms with van der Waals surface area (Å²) in [5.41, 5.74) is 5.66. The summed E-state index contributed by atoms with van der Waals surface area (Å²) < 4.78 is 0. The van der Waals surface area contributed by atoms with Crippen LogP contribution in [0.4, 0.5) is 11.6 Å². The van der Waals surface area contributed by atoms with Crippen molar-refractivity contribution in [2.24, 2.45) is 11.8 Å². The van der Waals surface area contributed by atoms with Gasteiger partial charge in [0.25, 0.3) is 0 Å². The Balaban J connectivity index is 1.95. The standard InChI is InChI=1S/C13H21N3/c1-9-6-7-11(8-10(9)2)15-13-5-3-4-12(14)16-13/h3-5,9-11H,6-8H2,1-2H3,(H3,14,15,16). The minimum atomic E-state index is 0.556. The van der Waals surface area contributed by atoms with Crippen LogP contribution in [0.25, 0.3) is 0 Å². The van der Waals surface area contributed by atoms with E-state index in [2.05, 4.69) is 24.1 Å². The van der Waals surface area contributed by atoms with E-state index in [4.69, 9.17) is 5.73 Å². The Bertz CT molecular complexity index is 351. The molecule has 0 aliphatic heterocycles. The molecule has 0 amide bonds. The fraction of sp³-hybridized carbons (Fsp3) is 0.615. The molecule has 1 aliphatic rings. The van der Waals surface area contributed by atoms with Gasteiger partial charge in [-0.25, -0.2) is 4.98 Å². The van der Waals surface area contributed by atoms with Gasteiger partial charge in [0, 0.05) is 6.04 Å². The Morgan fingerprint density at radius 2 is 2.06 bits per heavy atom. The third kappa shape index (κ3) is 2.65. The van der Waals surface area contributed by atoms with E-state index in [1.807, 2.05) is 18.2 Å². The van der Waals surface area contributed by atoms with Crippen LogP contribution < -0.4 is 11.1 Å². The largest absolute Gasteiger partial charge is 0.384 e. The van der Waals surface area contributed by atoms with Crippen LogP contribution in [-0.4, -0.2) is 11.0 Å². The lowest BCUT2D eigenvalue weighted by Crippen LogP contribution is -2.30. The summed E-state index contributed by atoms with van der Waals surface area (Å²) in [5.74, 6) is 3.15. The number of hydrogen-bond acceptors (Lipinski definition) is 3. The minimum Gasteiger partial charge on any atom is -0.384 e. The Morgan fingerprint density at radius 3 is 2.75 bits per heavy atom. The monoisotopic (exact) mass is 219 g/mol. The molecule has 1 fully saturated rings. The van der Waals surface area contributed by atoms with Crippen LogP contribution in [0.3, 0.4) is 0 Å². The molecule has 0 saturated heterocycles. The van der Waals surface area contributed by atoms with E-state index < -0.39 is 0 Å². The predicted molar refractivity (Wildman–Crippen MR) is 68.2 cm³/mol. The lowest BCUT2D eigenvalue weighted by Gasteiger charge is -2.32. The highest BCUT2D eigenvalue weighted by molar-refractivity contribution is 5.42. The quantitative estimate of drug-likeness (QED) is 0.804. The van der Waals surface area contributed by atoms with Gasteiger partial charge in [-0.15, -0.1) is 0 Å². The highest BCUT2D eigenvalue weighted by atomic mass is 15.0. The Kier molecular flexibility index (Phi) is 3.32. The van der Waals surface area contributed by atoms with Crippen molar-refractivity contribution < 1.29 is 0 Å². The zero-order valence-electron chi connectivity index (χ0n) is 10.1. The molecule has 3 heteroatoms. The molecule has 1 saturated carbocycles. The van der Waals surface area contributed by atoms with Crippen molar-refractivity contribution in [3.8, 4) is 0 Å². The van der Waals surface area contributed by atoms with Gasteiger partial charge in [0.2, 0.25) is 0 Å². The Morgan fingerprint density at radius 1 is 1.25 bits per heavy atom. The molecule has 1 heterocycles. The Hall–Kier alpha value is -1.25. The number of rotatable bonds is 2. The second-order valence-corrected chi connectivity index (χ2v) is 5.06. The van der Waals surface area contributed by atoms with Crippen LogP contribution >= 0.6 is 0 Å². The lowest BCUT2D eigenvalue weighted by atomic mass is 9.79. The summed E-state index contributed by atoms with van der Waals surface area (Å²) >= 11 is 0. The van der Waals surface area contributed by atoms with Crippen molar-refractivity contribution in [1.29, 1.82) is 0 Å². The van der Waals surface area contributed by atoms with Gasteiger partial charge < -0.3 is 11.1 Å². The van der Waals surface area contributed by atoms with Gasteiger partial charge in [0.1, 0.15) is 11.6 Å². The summed E-state index contributed by atoms with van der Waals surface area (Å²) in [7, 11) is 0. The third-order valence-corrected chi connectivity index (χ3v) is 3.72. The molecule has 1 aliphatic carbocycles. The molecule has 3 unspecified atom stereocenters. The molecule has 3 atom stereocenters. The van der Waals surface area contributed by atoms with Gasteiger partial charge in [-0.05, 0) is 43.2 Å². The van der Waals surface area contributed by atoms with Crippen LogP contribution in [0.2, 0.25) is 0 Å². The highest BCUT2D eigenvalue weighted by Crippen LogP contribution is 2.30. The van der Waals surface area contributed by atoms with Gasteiger partial charge in [-0.3, -0.25) is 0 Å². The van der Waals surface area contributed by atoms with E-state index in [0.29, 0.717) is 11.9 Å². The lowest BCUT2D eigenvalue weighted by molar-refractivity contribution is 0.260. The number of nitrogens with one attached hydrogen (secondary N) is 1. The van der Waals surface area contributed by atoms with E-state index in [1.54, 1.807) is 0 Å². The molecule has 0 spiro atoms. The maximum atomic E-state index is 5.66. The first kappa shape index (κ1) is 11.2. The first-order chi connectivity index (χ1) is 7.65. The van der Waals surface area contributed by atoms with E-state index in [-0.39, 0.29) is 0 Å². The van der Waals surface area contributed by atoms with Gasteiger partial charge >= 0.3 is 0 Å². The fourth-order valence-electron chi connectivity index (χ4n) is 2.42. The van der Waals surface area contributed by atoms with Crippen molar-refractivity contribution in [3.05, 3.63) is 18.2 Å². The van der Waals surface area contributed by atoms with Crippen LogP contribution in [0.5, 0.6) is 0 Å². The van der Waals surface area contributed by atoms with Crippen LogP contribution in [0, 0.1) is 11.8 Å². The van der Waals surface area contributed by atoms with Gasteiger partial charge in [0.15, 0.2) is 0 Å². The summed E-state index contributed by atoms with van der Waals surface area (Å²) in [6, 6.07) is 6.30. The van der Waals surface area contributed by atoms with Crippen molar-refractivity contribution in [2.75, 3.05) is 11.1 Å². The molecule has 3 nitrogen and oxygen atoms in total. The van der Waals surface area contributed by atoms with Crippen molar-refractivity contribution in [1.82, 2.24) is 4.98 Å². The summed E-state index contributed by atoms with van der Waals surface area (Å²) in [4.78, 5) is 4.28. The SMILES string of the molecule is CC1CCC(Nc2cccc(N)n2)CC1C. The number of nitrogens with zero attached hydrogens (tertiary/aromatic N) is 1. The topological polar surface area (TPSA) is 50.9 Å². The fourth-order valence-corrected chi connectivity index (χ4v) is 2.42. The molecule has 1 aromatic rings. The van der Waals surface area contributed by atoms with Crippen LogP contribution in [-0.2, 0) is 0 Å². The normalized spacial score (nSPS) is 30.0. The van der Waals surface area contributed by atoms with E-state index in [9.17, 15) is 0 Å². The number of nitrogen functional groups attached to an aromatic ring is 1. The van der Waals surface area contributed by atoms with E-state index in [0.717, 1.165) is 17.7 Å². The number of nitrogens with two attached hydrogens (primary N) is 1. The molecule has 0 aromatic carbocycles. The van der Waals surface area contributed by atoms with Crippen LogP contribution in [0.1, 0.15) is 33.1 Å². The number of aromatic nitrogens is 1. The number of anilines is 2. The number of hydrogen-bond donors (Lipinski definition) is 2. The van der Waals surface area contributed by atoms with E-state index in [1.165, 1.54) is 19.3 Å². The molecule has 0 radical (unpaired) electrons. The smallest absolute Gasteiger partial charge is 0.128 e. The molecule has 88 valence electrons. The average molecular weight is 219 g/mol. The second kappa shape index (κ2) is 4.73. The van der Waals surface area contributed by atoms with Crippen molar-refractivity contribution in [2.45, 2.75) is 39.2 Å². The van der Waals surface area contributed by atoms with E-state index >= 15 is 0 Å². The van der Waals surface area contributed by atoms with Crippen molar-refractivity contribution in [3.63, 3.8) is 0 Å². The second-order valence-electron chi connectivity index (χ2n) is 5.06. The maximum Gasteiger partial charge on any atom is 0.128 e. The van der Waals surface area contributed by atoms with Crippen LogP contribution in [0.15, 0.2) is 18.2 Å². The predicted octanol–water partition coefficient (Wildman–Crippen LogP) is 2.90. The number of pyridine rings is 1. The van der Waals surface area contributed by atoms with Crippen molar-refractivity contribution >= 4 is 11.6 Å². The third-order valence-electron chi connectivity index (χ3n) is 3.72.